The fourth-order valence-corrected chi connectivity index (χ4v) is 2.68. The van der Waals surface area contributed by atoms with Gasteiger partial charge in [-0.2, -0.15) is 0 Å². The van der Waals surface area contributed by atoms with E-state index in [1.165, 1.54) is 0 Å². The van der Waals surface area contributed by atoms with Gasteiger partial charge in [0, 0.05) is 29.3 Å². The molecule has 6 heteroatoms. The second-order valence-electron chi connectivity index (χ2n) is 5.09. The Balaban J connectivity index is 1.69. The van der Waals surface area contributed by atoms with E-state index in [0.29, 0.717) is 12.4 Å². The van der Waals surface area contributed by atoms with Gasteiger partial charge in [0.25, 0.3) is 0 Å². The Bertz CT molecular complexity index is 688. The molecule has 0 bridgehead atoms. The summed E-state index contributed by atoms with van der Waals surface area (Å²) in [6, 6.07) is 12.8. The quantitative estimate of drug-likeness (QED) is 0.916. The maximum Gasteiger partial charge on any atom is 0.230 e. The number of nitrogens with one attached hydrogen (secondary N) is 1. The van der Waals surface area contributed by atoms with Crippen LogP contribution in [0.1, 0.15) is 6.42 Å². The zero-order chi connectivity index (χ0) is 15.5. The van der Waals surface area contributed by atoms with Crippen molar-refractivity contribution in [2.75, 3.05) is 16.8 Å². The van der Waals surface area contributed by atoms with Crippen LogP contribution in [-0.4, -0.2) is 23.3 Å². The maximum atomic E-state index is 12.3. The highest BCUT2D eigenvalue weighted by Gasteiger charge is 2.35. The highest BCUT2D eigenvalue weighted by atomic mass is 79.9. The van der Waals surface area contributed by atoms with Crippen molar-refractivity contribution < 1.29 is 9.59 Å². The van der Waals surface area contributed by atoms with Crippen molar-refractivity contribution in [2.45, 2.75) is 6.42 Å². The third-order valence-corrected chi connectivity index (χ3v) is 4.08. The molecule has 22 heavy (non-hydrogen) atoms. The van der Waals surface area contributed by atoms with E-state index in [2.05, 4.69) is 26.2 Å². The third-order valence-electron chi connectivity index (χ3n) is 3.55. The first-order valence-electron chi connectivity index (χ1n) is 6.91. The summed E-state index contributed by atoms with van der Waals surface area (Å²) in [7, 11) is 0. The van der Waals surface area contributed by atoms with Crippen LogP contribution in [0.15, 0.2) is 53.1 Å². The maximum absolute atomic E-state index is 12.3. The number of nitrogens with zero attached hydrogens (tertiary/aromatic N) is 2. The van der Waals surface area contributed by atoms with Crippen molar-refractivity contribution in [2.24, 2.45) is 5.92 Å². The molecule has 1 N–H and O–H groups in total. The molecule has 1 aromatic heterocycles. The van der Waals surface area contributed by atoms with Gasteiger partial charge in [0.2, 0.25) is 11.8 Å². The monoisotopic (exact) mass is 359 g/mol. The molecule has 3 rings (SSSR count). The van der Waals surface area contributed by atoms with Crippen molar-refractivity contribution in [3.63, 3.8) is 0 Å². The predicted molar refractivity (Wildman–Crippen MR) is 87.5 cm³/mol. The Kier molecular flexibility index (Phi) is 4.20. The molecule has 2 heterocycles. The lowest BCUT2D eigenvalue weighted by molar-refractivity contribution is -0.122. The first-order chi connectivity index (χ1) is 10.6. The smallest absolute Gasteiger partial charge is 0.230 e. The molecule has 0 radical (unpaired) electrons. The van der Waals surface area contributed by atoms with E-state index in [0.717, 1.165) is 10.2 Å². The number of hydrogen-bond donors (Lipinski definition) is 1. The third kappa shape index (κ3) is 3.17. The van der Waals surface area contributed by atoms with Gasteiger partial charge < -0.3 is 10.2 Å². The lowest BCUT2D eigenvalue weighted by atomic mass is 10.1. The van der Waals surface area contributed by atoms with Crippen LogP contribution in [-0.2, 0) is 9.59 Å². The minimum absolute atomic E-state index is 0.0384. The molecule has 0 unspecified atom stereocenters. The van der Waals surface area contributed by atoms with Gasteiger partial charge in [-0.15, -0.1) is 0 Å². The van der Waals surface area contributed by atoms with Gasteiger partial charge in [-0.05, 0) is 36.4 Å². The van der Waals surface area contributed by atoms with Crippen LogP contribution in [0.2, 0.25) is 0 Å². The Hall–Kier alpha value is -2.21. The minimum Gasteiger partial charge on any atom is -0.312 e. The van der Waals surface area contributed by atoms with Crippen LogP contribution in [0.3, 0.4) is 0 Å². The first kappa shape index (κ1) is 14.7. The molecule has 1 aromatic carbocycles. The van der Waals surface area contributed by atoms with E-state index in [9.17, 15) is 9.59 Å². The van der Waals surface area contributed by atoms with Gasteiger partial charge in [-0.25, -0.2) is 4.98 Å². The number of carbonyl (C=O) groups is 2. The molecule has 1 atom stereocenters. The van der Waals surface area contributed by atoms with Crippen molar-refractivity contribution >= 4 is 39.2 Å². The lowest BCUT2D eigenvalue weighted by Gasteiger charge is -2.16. The van der Waals surface area contributed by atoms with Crippen molar-refractivity contribution in [1.82, 2.24) is 4.98 Å². The molecule has 5 nitrogen and oxygen atoms in total. The molecule has 1 fully saturated rings. The number of amides is 2. The summed E-state index contributed by atoms with van der Waals surface area (Å²) in [5, 5.41) is 2.75. The lowest BCUT2D eigenvalue weighted by Crippen LogP contribution is -2.28. The predicted octanol–water partition coefficient (Wildman–Crippen LogP) is 2.84. The number of hydrogen-bond acceptors (Lipinski definition) is 3. The zero-order valence-electron chi connectivity index (χ0n) is 11.7. The summed E-state index contributed by atoms with van der Waals surface area (Å²) in [4.78, 5) is 30.1. The molecule has 1 saturated heterocycles. The van der Waals surface area contributed by atoms with Crippen LogP contribution >= 0.6 is 15.9 Å². The standard InChI is InChI=1S/C16H14BrN3O2/c17-12-4-6-13(7-5-12)20-10-11(9-15(20)21)16(22)19-14-3-1-2-8-18-14/h1-8,11H,9-10H2,(H,18,19,22)/t11-/m1/s1. The van der Waals surface area contributed by atoms with E-state index in [-0.39, 0.29) is 24.2 Å². The van der Waals surface area contributed by atoms with Gasteiger partial charge >= 0.3 is 0 Å². The summed E-state index contributed by atoms with van der Waals surface area (Å²) in [6.07, 6.45) is 1.83. The van der Waals surface area contributed by atoms with Gasteiger partial charge in [-0.3, -0.25) is 9.59 Å². The van der Waals surface area contributed by atoms with Crippen molar-refractivity contribution in [3.8, 4) is 0 Å². The molecule has 0 saturated carbocycles. The number of pyridine rings is 1. The van der Waals surface area contributed by atoms with Gasteiger partial charge in [-0.1, -0.05) is 22.0 Å². The molecular formula is C16H14BrN3O2. The van der Waals surface area contributed by atoms with Crippen LogP contribution in [0.4, 0.5) is 11.5 Å². The average Bonchev–Trinajstić information content (AvgIpc) is 2.91. The van der Waals surface area contributed by atoms with Crippen LogP contribution in [0.25, 0.3) is 0 Å². The minimum atomic E-state index is -0.363. The number of rotatable bonds is 3. The van der Waals surface area contributed by atoms with Crippen LogP contribution in [0, 0.1) is 5.92 Å². The fourth-order valence-electron chi connectivity index (χ4n) is 2.42. The molecule has 1 aliphatic heterocycles. The summed E-state index contributed by atoms with van der Waals surface area (Å²) >= 11 is 3.37. The Morgan fingerprint density at radius 2 is 2.00 bits per heavy atom. The molecule has 1 aliphatic rings. The number of carbonyl (C=O) groups excluding carboxylic acids is 2. The summed E-state index contributed by atoms with van der Waals surface area (Å²) in [5.41, 5.74) is 0.807. The molecule has 2 amide bonds. The zero-order valence-corrected chi connectivity index (χ0v) is 13.3. The molecule has 2 aromatic rings. The average molecular weight is 360 g/mol. The number of anilines is 2. The SMILES string of the molecule is O=C(Nc1ccccn1)[C@@H]1CC(=O)N(c2ccc(Br)cc2)C1. The highest BCUT2D eigenvalue weighted by molar-refractivity contribution is 9.10. The summed E-state index contributed by atoms with van der Waals surface area (Å²) in [5.74, 6) is -0.0738. The number of aromatic nitrogens is 1. The molecule has 0 spiro atoms. The van der Waals surface area contributed by atoms with E-state index in [1.807, 2.05) is 24.3 Å². The fraction of sp³-hybridized carbons (Fsp3) is 0.188. The molecule has 0 aliphatic carbocycles. The first-order valence-corrected chi connectivity index (χ1v) is 7.70. The Labute approximate surface area is 136 Å². The van der Waals surface area contributed by atoms with E-state index in [4.69, 9.17) is 0 Å². The molecule has 112 valence electrons. The largest absolute Gasteiger partial charge is 0.312 e. The Morgan fingerprint density at radius 3 is 2.68 bits per heavy atom. The van der Waals surface area contributed by atoms with Gasteiger partial charge in [0.05, 0.1) is 5.92 Å². The summed E-state index contributed by atoms with van der Waals surface area (Å²) < 4.78 is 0.951. The van der Waals surface area contributed by atoms with E-state index in [1.54, 1.807) is 29.3 Å². The highest BCUT2D eigenvalue weighted by Crippen LogP contribution is 2.27. The topological polar surface area (TPSA) is 62.3 Å². The van der Waals surface area contributed by atoms with Crippen LogP contribution < -0.4 is 10.2 Å². The molecular weight excluding hydrogens is 346 g/mol. The van der Waals surface area contributed by atoms with Crippen molar-refractivity contribution in [3.05, 3.63) is 53.1 Å². The van der Waals surface area contributed by atoms with E-state index < -0.39 is 0 Å². The van der Waals surface area contributed by atoms with Gasteiger partial charge in [0.15, 0.2) is 0 Å². The second-order valence-corrected chi connectivity index (χ2v) is 6.00. The number of halogens is 1. The Morgan fingerprint density at radius 1 is 1.23 bits per heavy atom. The van der Waals surface area contributed by atoms with Crippen molar-refractivity contribution in [1.29, 1.82) is 0 Å². The summed E-state index contributed by atoms with van der Waals surface area (Å²) in [6.45, 7) is 0.388. The number of benzene rings is 1. The van der Waals surface area contributed by atoms with E-state index >= 15 is 0 Å². The van der Waals surface area contributed by atoms with Gasteiger partial charge in [0.1, 0.15) is 5.82 Å². The van der Waals surface area contributed by atoms with Crippen LogP contribution in [0.5, 0.6) is 0 Å². The second kappa shape index (κ2) is 6.27. The normalized spacial score (nSPS) is 17.6.